The summed E-state index contributed by atoms with van der Waals surface area (Å²) in [4.78, 5) is 0. The largest absolute Gasteiger partial charge is 0.483 e. The van der Waals surface area contributed by atoms with Gasteiger partial charge in [0.15, 0.2) is 0 Å². The quantitative estimate of drug-likeness (QED) is 0.701. The van der Waals surface area contributed by atoms with Crippen LogP contribution in [0.5, 0.6) is 0 Å². The lowest BCUT2D eigenvalue weighted by Gasteiger charge is -2.32. The van der Waals surface area contributed by atoms with Gasteiger partial charge >= 0.3 is 6.18 Å². The van der Waals surface area contributed by atoms with Crippen LogP contribution in [0.15, 0.2) is 24.4 Å². The highest BCUT2D eigenvalue weighted by Crippen LogP contribution is 2.38. The molecule has 1 aliphatic heterocycles. The maximum Gasteiger partial charge on any atom is 0.416 e. The highest BCUT2D eigenvalue weighted by Gasteiger charge is 2.31. The minimum atomic E-state index is -4.30. The van der Waals surface area contributed by atoms with Gasteiger partial charge in [-0.2, -0.15) is 13.2 Å². The predicted molar refractivity (Wildman–Crippen MR) is 63.3 cm³/mol. The molecule has 0 radical (unpaired) electrons. The van der Waals surface area contributed by atoms with E-state index in [9.17, 15) is 13.2 Å². The van der Waals surface area contributed by atoms with E-state index in [1.165, 1.54) is 6.07 Å². The lowest BCUT2D eigenvalue weighted by Crippen LogP contribution is -2.99. The van der Waals surface area contributed by atoms with Crippen LogP contribution < -0.4 is 5.01 Å². The third-order valence-electron chi connectivity index (χ3n) is 2.21. The average Bonchev–Trinajstić information content (AvgIpc) is 2.15. The zero-order valence-corrected chi connectivity index (χ0v) is 10.4. The summed E-state index contributed by atoms with van der Waals surface area (Å²) in [5.41, 5.74) is 4.69. The van der Waals surface area contributed by atoms with Gasteiger partial charge in [-0.05, 0) is 34.2 Å². The topological polar surface area (TPSA) is 18.5 Å². The lowest BCUT2D eigenvalue weighted by atomic mass is 10.1. The summed E-state index contributed by atoms with van der Waals surface area (Å²) >= 11 is 2.02. The van der Waals surface area contributed by atoms with Crippen LogP contribution in [0.3, 0.4) is 0 Å². The van der Waals surface area contributed by atoms with Gasteiger partial charge in [-0.1, -0.05) is 17.8 Å². The maximum atomic E-state index is 12.5. The van der Waals surface area contributed by atoms with E-state index < -0.39 is 11.7 Å². The van der Waals surface area contributed by atoms with Crippen LogP contribution in [0.2, 0.25) is 0 Å². The Labute approximate surface area is 104 Å². The molecule has 0 aliphatic carbocycles. The average molecular weight is 340 g/mol. The first-order chi connectivity index (χ1) is 7.38. The Morgan fingerprint density at radius 3 is 2.62 bits per heavy atom. The summed E-state index contributed by atoms with van der Waals surface area (Å²) in [6, 6.07) is 3.61. The Morgan fingerprint density at radius 1 is 1.31 bits per heavy atom. The molecule has 6 heteroatoms. The summed E-state index contributed by atoms with van der Waals surface area (Å²) in [5, 5.41) is 0.802. The molecule has 1 heterocycles. The summed E-state index contributed by atoms with van der Waals surface area (Å²) in [7, 11) is 1.82. The van der Waals surface area contributed by atoms with E-state index in [0.717, 1.165) is 20.7 Å². The van der Waals surface area contributed by atoms with Crippen molar-refractivity contribution < 1.29 is 18.2 Å². The molecule has 0 bridgehead atoms. The molecule has 86 valence electrons. The number of hydrogen-bond donors (Lipinski definition) is 1. The standard InChI is InChI=1S/C10H8F3IN2/c1-16-5-8(14)7-4-6(10(11,12)13)2-3-9(7)15-16/h2-5,16H,1H3. The minimum absolute atomic E-state index is 0.543. The molecule has 1 aromatic carbocycles. The van der Waals surface area contributed by atoms with Crippen molar-refractivity contribution in [2.75, 3.05) is 7.05 Å². The van der Waals surface area contributed by atoms with Crippen LogP contribution in [-0.4, -0.2) is 7.05 Å². The first kappa shape index (κ1) is 11.7. The zero-order valence-electron chi connectivity index (χ0n) is 8.27. The molecule has 0 fully saturated rings. The van der Waals surface area contributed by atoms with Crippen LogP contribution >= 0.6 is 22.6 Å². The van der Waals surface area contributed by atoms with Crippen LogP contribution in [0.1, 0.15) is 11.1 Å². The fourth-order valence-corrected chi connectivity index (χ4v) is 2.37. The minimum Gasteiger partial charge on any atom is -0.483 e. The van der Waals surface area contributed by atoms with Crippen LogP contribution in [0, 0.1) is 0 Å². The SMILES string of the molecule is C[NH+]1C=C(I)c2cc(C(F)(F)F)ccc2[N-]1. The van der Waals surface area contributed by atoms with Crippen LogP contribution in [-0.2, 0) is 6.18 Å². The van der Waals surface area contributed by atoms with E-state index in [-0.39, 0.29) is 0 Å². The van der Waals surface area contributed by atoms with Gasteiger partial charge in [0.25, 0.3) is 0 Å². The van der Waals surface area contributed by atoms with E-state index in [1.54, 1.807) is 6.20 Å². The van der Waals surface area contributed by atoms with Crippen LogP contribution in [0.4, 0.5) is 18.9 Å². The monoisotopic (exact) mass is 340 g/mol. The molecule has 0 aromatic heterocycles. The molecule has 0 saturated carbocycles. The molecule has 2 rings (SSSR count). The lowest BCUT2D eigenvalue weighted by molar-refractivity contribution is -0.778. The molecule has 1 aromatic rings. The number of hydrogen-bond acceptors (Lipinski definition) is 0. The number of benzene rings is 1. The van der Waals surface area contributed by atoms with E-state index >= 15 is 0 Å². The van der Waals surface area contributed by atoms with Gasteiger partial charge in [-0.3, -0.25) is 0 Å². The van der Waals surface area contributed by atoms with Crippen molar-refractivity contribution in [2.45, 2.75) is 6.18 Å². The molecule has 0 spiro atoms. The Kier molecular flexibility index (Phi) is 2.87. The van der Waals surface area contributed by atoms with Crippen molar-refractivity contribution in [1.29, 1.82) is 0 Å². The highest BCUT2D eigenvalue weighted by molar-refractivity contribution is 14.1. The highest BCUT2D eigenvalue weighted by atomic mass is 127. The Hall–Kier alpha value is -0.760. The number of nitrogens with one attached hydrogen (secondary N) is 1. The number of rotatable bonds is 0. The first-order valence-corrected chi connectivity index (χ1v) is 5.60. The smallest absolute Gasteiger partial charge is 0.416 e. The Bertz CT molecular complexity index is 454. The molecular weight excluding hydrogens is 332 g/mol. The number of quaternary nitrogens is 1. The third-order valence-corrected chi connectivity index (χ3v) is 3.11. The molecule has 1 unspecified atom stereocenters. The second-order valence-corrected chi connectivity index (χ2v) is 4.64. The molecule has 0 amide bonds. The van der Waals surface area contributed by atoms with Crippen molar-refractivity contribution in [3.8, 4) is 0 Å². The van der Waals surface area contributed by atoms with E-state index in [1.807, 2.05) is 29.6 Å². The summed E-state index contributed by atoms with van der Waals surface area (Å²) < 4.78 is 38.3. The van der Waals surface area contributed by atoms with Gasteiger partial charge in [0.1, 0.15) is 6.20 Å². The van der Waals surface area contributed by atoms with Crippen molar-refractivity contribution in [3.05, 3.63) is 41.0 Å². The van der Waals surface area contributed by atoms with Crippen molar-refractivity contribution >= 4 is 31.9 Å². The number of halogens is 4. The molecule has 0 saturated heterocycles. The summed E-state index contributed by atoms with van der Waals surface area (Å²) in [5.74, 6) is 0. The molecule has 1 aliphatic rings. The van der Waals surface area contributed by atoms with Gasteiger partial charge in [0.05, 0.1) is 16.2 Å². The first-order valence-electron chi connectivity index (χ1n) is 4.52. The molecular formula is C10H8F3IN2. The zero-order chi connectivity index (χ0) is 11.9. The van der Waals surface area contributed by atoms with Gasteiger partial charge in [0, 0.05) is 0 Å². The molecule has 2 nitrogen and oxygen atoms in total. The van der Waals surface area contributed by atoms with Crippen molar-refractivity contribution in [2.24, 2.45) is 0 Å². The van der Waals surface area contributed by atoms with Gasteiger partial charge in [-0.25, -0.2) is 0 Å². The Balaban J connectivity index is 2.50. The van der Waals surface area contributed by atoms with E-state index in [0.29, 0.717) is 11.3 Å². The van der Waals surface area contributed by atoms with Crippen molar-refractivity contribution in [1.82, 2.24) is 0 Å². The Morgan fingerprint density at radius 2 is 2.00 bits per heavy atom. The van der Waals surface area contributed by atoms with Gasteiger partial charge in [0.2, 0.25) is 0 Å². The number of alkyl halides is 3. The van der Waals surface area contributed by atoms with Gasteiger partial charge < -0.3 is 10.4 Å². The fourth-order valence-electron chi connectivity index (χ4n) is 1.48. The summed E-state index contributed by atoms with van der Waals surface area (Å²) in [6.07, 6.45) is -2.54. The molecule has 16 heavy (non-hydrogen) atoms. The van der Waals surface area contributed by atoms with Crippen LogP contribution in [0.25, 0.3) is 9.01 Å². The number of nitrogens with zero attached hydrogens (tertiary/aromatic N) is 1. The van der Waals surface area contributed by atoms with Gasteiger partial charge in [-0.15, -0.1) is 0 Å². The molecule has 1 N–H and O–H groups in total. The van der Waals surface area contributed by atoms with Crippen molar-refractivity contribution in [3.63, 3.8) is 0 Å². The predicted octanol–water partition coefficient (Wildman–Crippen LogP) is 2.89. The fraction of sp³-hybridized carbons (Fsp3) is 0.200. The maximum absolute atomic E-state index is 12.5. The van der Waals surface area contributed by atoms with E-state index in [4.69, 9.17) is 0 Å². The normalized spacial score (nSPS) is 19.8. The molecule has 1 atom stereocenters. The number of fused-ring (bicyclic) bond motifs is 1. The summed E-state index contributed by atoms with van der Waals surface area (Å²) in [6.45, 7) is 0. The van der Waals surface area contributed by atoms with E-state index in [2.05, 4.69) is 5.43 Å². The second kappa shape index (κ2) is 3.92. The second-order valence-electron chi connectivity index (χ2n) is 3.48. The third kappa shape index (κ3) is 2.17.